The Balaban J connectivity index is 1.74. The molecule has 1 fully saturated rings. The van der Waals surface area contributed by atoms with Crippen molar-refractivity contribution in [3.63, 3.8) is 0 Å². The van der Waals surface area contributed by atoms with Crippen molar-refractivity contribution in [3.8, 4) is 0 Å². The maximum absolute atomic E-state index is 12.4. The van der Waals surface area contributed by atoms with E-state index in [1.807, 2.05) is 35.2 Å². The monoisotopic (exact) mass is 447 g/mol. The Kier molecular flexibility index (Phi) is 7.09. The molecular weight excluding hydrogens is 429 g/mol. The Hall–Kier alpha value is -2.61. The van der Waals surface area contributed by atoms with Crippen molar-refractivity contribution >= 4 is 64.0 Å². The van der Waals surface area contributed by atoms with E-state index in [4.69, 9.17) is 41.2 Å². The van der Waals surface area contributed by atoms with E-state index in [-0.39, 0.29) is 16.2 Å². The van der Waals surface area contributed by atoms with E-state index in [0.29, 0.717) is 23.9 Å². The van der Waals surface area contributed by atoms with Gasteiger partial charge in [-0.25, -0.2) is 4.98 Å². The molecule has 2 heterocycles. The van der Waals surface area contributed by atoms with E-state index in [1.165, 1.54) is 6.08 Å². The second kappa shape index (κ2) is 9.73. The van der Waals surface area contributed by atoms with Gasteiger partial charge in [-0.3, -0.25) is 4.79 Å². The molecule has 0 unspecified atom stereocenters. The third kappa shape index (κ3) is 5.47. The molecule has 0 radical (unpaired) electrons. The zero-order valence-electron chi connectivity index (χ0n) is 15.4. The highest BCUT2D eigenvalue weighted by Gasteiger charge is 2.28. The van der Waals surface area contributed by atoms with E-state index in [0.717, 1.165) is 17.8 Å². The van der Waals surface area contributed by atoms with Gasteiger partial charge in [0.1, 0.15) is 16.1 Å². The summed E-state index contributed by atoms with van der Waals surface area (Å²) in [6.07, 6.45) is 5.55. The van der Waals surface area contributed by atoms with Crippen LogP contribution in [0.25, 0.3) is 6.08 Å². The molecule has 3 N–H and O–H groups in total. The summed E-state index contributed by atoms with van der Waals surface area (Å²) in [5, 5.41) is 3.19. The zero-order valence-corrected chi connectivity index (χ0v) is 17.7. The summed E-state index contributed by atoms with van der Waals surface area (Å²) in [4.78, 5) is 20.4. The number of carbonyl (C=O) groups is 1. The predicted molar refractivity (Wildman–Crippen MR) is 122 cm³/mol. The summed E-state index contributed by atoms with van der Waals surface area (Å²) in [7, 11) is 0. The zero-order chi connectivity index (χ0) is 20.8. The lowest BCUT2D eigenvalue weighted by atomic mass is 10.2. The van der Waals surface area contributed by atoms with Crippen molar-refractivity contribution in [1.82, 2.24) is 15.2 Å². The number of nitrogens with one attached hydrogen (secondary N) is 1. The van der Waals surface area contributed by atoms with E-state index in [2.05, 4.69) is 10.3 Å². The number of hydrogen-bond acceptors (Lipinski definition) is 4. The van der Waals surface area contributed by atoms with Crippen LogP contribution >= 0.6 is 35.4 Å². The number of aromatic nitrogens is 1. The Morgan fingerprint density at radius 1 is 1.17 bits per heavy atom. The Morgan fingerprint density at radius 2 is 1.93 bits per heavy atom. The SMILES string of the molecule is Nc1ccc(/C=C/C(=O)NC(=C(Cl)Cl)N2CCCN(c3ccccn3)C2=S)cc1. The van der Waals surface area contributed by atoms with Crippen LogP contribution in [0.2, 0.25) is 0 Å². The normalized spacial score (nSPS) is 14.2. The molecule has 9 heteroatoms. The molecule has 6 nitrogen and oxygen atoms in total. The van der Waals surface area contributed by atoms with Gasteiger partial charge in [-0.2, -0.15) is 0 Å². The van der Waals surface area contributed by atoms with Crippen molar-refractivity contribution in [1.29, 1.82) is 0 Å². The molecule has 1 aliphatic rings. The molecule has 29 heavy (non-hydrogen) atoms. The van der Waals surface area contributed by atoms with E-state index < -0.39 is 0 Å². The number of carbonyl (C=O) groups excluding carboxylic acids is 1. The molecule has 0 aliphatic carbocycles. The van der Waals surface area contributed by atoms with Gasteiger partial charge in [-0.05, 0) is 54.5 Å². The number of anilines is 2. The van der Waals surface area contributed by atoms with Crippen LogP contribution in [0, 0.1) is 0 Å². The number of thiocarbonyl (C=S) groups is 1. The third-order valence-corrected chi connectivity index (χ3v) is 5.00. The number of amides is 1. The number of nitrogens with two attached hydrogens (primary N) is 1. The van der Waals surface area contributed by atoms with Crippen molar-refractivity contribution < 1.29 is 4.79 Å². The van der Waals surface area contributed by atoms with Crippen molar-refractivity contribution in [2.75, 3.05) is 23.7 Å². The molecule has 2 aromatic rings. The first kappa shape index (κ1) is 21.1. The summed E-state index contributed by atoms with van der Waals surface area (Å²) >= 11 is 17.8. The lowest BCUT2D eigenvalue weighted by molar-refractivity contribution is -0.116. The minimum atomic E-state index is -0.381. The first-order valence-electron chi connectivity index (χ1n) is 8.85. The molecule has 3 rings (SSSR count). The summed E-state index contributed by atoms with van der Waals surface area (Å²) in [5.74, 6) is 0.584. The van der Waals surface area contributed by atoms with Gasteiger partial charge >= 0.3 is 0 Å². The van der Waals surface area contributed by atoms with Gasteiger partial charge in [0.25, 0.3) is 0 Å². The summed E-state index contributed by atoms with van der Waals surface area (Å²) in [6.45, 7) is 1.28. The van der Waals surface area contributed by atoms with Crippen LogP contribution < -0.4 is 16.0 Å². The van der Waals surface area contributed by atoms with Crippen molar-refractivity contribution in [2.24, 2.45) is 0 Å². The number of halogens is 2. The highest BCUT2D eigenvalue weighted by atomic mass is 35.5. The van der Waals surface area contributed by atoms with Crippen LogP contribution in [0.15, 0.2) is 65.0 Å². The lowest BCUT2D eigenvalue weighted by Gasteiger charge is -2.38. The Labute approximate surface area is 184 Å². The molecule has 1 aliphatic heterocycles. The predicted octanol–water partition coefficient (Wildman–Crippen LogP) is 3.89. The third-order valence-electron chi connectivity index (χ3n) is 4.21. The summed E-state index contributed by atoms with van der Waals surface area (Å²) in [6, 6.07) is 12.7. The topological polar surface area (TPSA) is 74.5 Å². The fourth-order valence-corrected chi connectivity index (χ4v) is 3.48. The van der Waals surface area contributed by atoms with Crippen LogP contribution in [0.1, 0.15) is 12.0 Å². The maximum Gasteiger partial charge on any atom is 0.249 e. The first-order valence-corrected chi connectivity index (χ1v) is 10.0. The number of pyridine rings is 1. The van der Waals surface area contributed by atoms with Gasteiger partial charge in [0.15, 0.2) is 5.11 Å². The van der Waals surface area contributed by atoms with Crippen molar-refractivity contribution in [3.05, 3.63) is 70.6 Å². The average molecular weight is 448 g/mol. The fraction of sp³-hybridized carbons (Fsp3) is 0.150. The van der Waals surface area contributed by atoms with E-state index in [1.54, 1.807) is 29.3 Å². The van der Waals surface area contributed by atoms with Crippen LogP contribution in [-0.2, 0) is 4.79 Å². The second-order valence-corrected chi connectivity index (χ2v) is 7.54. The molecule has 0 saturated carbocycles. The molecule has 0 bridgehead atoms. The van der Waals surface area contributed by atoms with Crippen LogP contribution in [0.5, 0.6) is 0 Å². The number of nitrogens with zero attached hydrogens (tertiary/aromatic N) is 3. The quantitative estimate of drug-likeness (QED) is 0.411. The number of hydrogen-bond donors (Lipinski definition) is 2. The molecule has 0 spiro atoms. The maximum atomic E-state index is 12.4. The largest absolute Gasteiger partial charge is 0.399 e. The number of benzene rings is 1. The molecule has 1 aromatic heterocycles. The number of nitrogen functional groups attached to an aromatic ring is 1. The minimum absolute atomic E-state index is 0.0792. The van der Waals surface area contributed by atoms with Crippen LogP contribution in [-0.4, -0.2) is 34.0 Å². The van der Waals surface area contributed by atoms with E-state index >= 15 is 0 Å². The van der Waals surface area contributed by atoms with E-state index in [9.17, 15) is 4.79 Å². The molecule has 0 atom stereocenters. The van der Waals surface area contributed by atoms with Crippen molar-refractivity contribution in [2.45, 2.75) is 6.42 Å². The van der Waals surface area contributed by atoms with Gasteiger partial charge in [0.05, 0.1) is 0 Å². The molecular formula is C20H19Cl2N5OS. The second-order valence-electron chi connectivity index (χ2n) is 6.23. The average Bonchev–Trinajstić information content (AvgIpc) is 2.72. The van der Waals surface area contributed by atoms with Gasteiger partial charge in [-0.1, -0.05) is 41.4 Å². The first-order chi connectivity index (χ1) is 14.0. The van der Waals surface area contributed by atoms with Crippen LogP contribution in [0.3, 0.4) is 0 Å². The smallest absolute Gasteiger partial charge is 0.249 e. The fourth-order valence-electron chi connectivity index (χ4n) is 2.81. The molecule has 1 amide bonds. The summed E-state index contributed by atoms with van der Waals surface area (Å²) < 4.78 is -0.0792. The van der Waals surface area contributed by atoms with Gasteiger partial charge < -0.3 is 20.9 Å². The Morgan fingerprint density at radius 3 is 2.59 bits per heavy atom. The summed E-state index contributed by atoms with van der Waals surface area (Å²) in [5.41, 5.74) is 7.16. The minimum Gasteiger partial charge on any atom is -0.399 e. The highest BCUT2D eigenvalue weighted by molar-refractivity contribution is 7.80. The van der Waals surface area contributed by atoms with Crippen LogP contribution in [0.4, 0.5) is 11.5 Å². The highest BCUT2D eigenvalue weighted by Crippen LogP contribution is 2.24. The number of rotatable bonds is 5. The lowest BCUT2D eigenvalue weighted by Crippen LogP contribution is -2.51. The van der Waals surface area contributed by atoms with Gasteiger partial charge in [0, 0.05) is 31.0 Å². The molecule has 150 valence electrons. The molecule has 1 aromatic carbocycles. The van der Waals surface area contributed by atoms with Gasteiger partial charge in [-0.15, -0.1) is 0 Å². The van der Waals surface area contributed by atoms with Gasteiger partial charge in [0.2, 0.25) is 5.91 Å². The standard InChI is InChI=1S/C20H19Cl2N5OS/c21-18(22)19(25-17(28)10-7-14-5-8-15(23)9-6-14)27-13-3-12-26(20(27)29)16-4-1-2-11-24-16/h1-2,4-11H,3,12-13,23H2,(H,25,28)/b10-7+. The molecule has 1 saturated heterocycles. The Bertz CT molecular complexity index is 943.